The minimum atomic E-state index is -0.664. The Morgan fingerprint density at radius 2 is 2.05 bits per heavy atom. The molecule has 0 aliphatic carbocycles. The van der Waals surface area contributed by atoms with Gasteiger partial charge in [0.1, 0.15) is 6.61 Å². The Bertz CT molecular complexity index is 400. The maximum absolute atomic E-state index is 10.8. The van der Waals surface area contributed by atoms with E-state index in [1.807, 2.05) is 42.5 Å². The molecule has 4 heteroatoms. The van der Waals surface area contributed by atoms with Crippen LogP contribution in [0.5, 0.6) is 0 Å². The molecule has 0 aliphatic rings. The maximum atomic E-state index is 10.8. The van der Waals surface area contributed by atoms with Gasteiger partial charge in [0.15, 0.2) is 0 Å². The molecule has 0 N–H and O–H groups in total. The van der Waals surface area contributed by atoms with Crippen LogP contribution in [0.2, 0.25) is 0 Å². The van der Waals surface area contributed by atoms with Crippen LogP contribution in [-0.2, 0) is 20.8 Å². The van der Waals surface area contributed by atoms with E-state index in [2.05, 4.69) is 11.7 Å². The molecule has 0 aromatic heterocycles. The predicted molar refractivity (Wildman–Crippen MR) is 77.4 cm³/mol. The zero-order valence-corrected chi connectivity index (χ0v) is 12.1. The number of carbonyl (C=O) groups is 1. The van der Waals surface area contributed by atoms with Crippen molar-refractivity contribution in [2.75, 3.05) is 20.3 Å². The third-order valence-corrected chi connectivity index (χ3v) is 2.84. The lowest BCUT2D eigenvalue weighted by molar-refractivity contribution is 0.0812. The Kier molecular flexibility index (Phi) is 8.15. The van der Waals surface area contributed by atoms with E-state index >= 15 is 0 Å². The van der Waals surface area contributed by atoms with Crippen molar-refractivity contribution in [2.24, 2.45) is 5.92 Å². The molecule has 0 bridgehead atoms. The summed E-state index contributed by atoms with van der Waals surface area (Å²) >= 11 is 0. The van der Waals surface area contributed by atoms with E-state index in [1.54, 1.807) is 0 Å². The van der Waals surface area contributed by atoms with E-state index in [-0.39, 0.29) is 6.61 Å². The molecule has 110 valence electrons. The molecule has 0 saturated carbocycles. The summed E-state index contributed by atoms with van der Waals surface area (Å²) in [5.74, 6) is 0.319. The van der Waals surface area contributed by atoms with Gasteiger partial charge < -0.3 is 14.2 Å². The van der Waals surface area contributed by atoms with Gasteiger partial charge in [-0.05, 0) is 12.0 Å². The Morgan fingerprint density at radius 1 is 1.30 bits per heavy atom. The van der Waals surface area contributed by atoms with E-state index in [4.69, 9.17) is 9.47 Å². The fourth-order valence-corrected chi connectivity index (χ4v) is 1.63. The first-order chi connectivity index (χ1) is 9.76. The molecule has 1 atom stereocenters. The molecule has 0 saturated heterocycles. The van der Waals surface area contributed by atoms with Crippen LogP contribution in [0.3, 0.4) is 0 Å². The monoisotopic (exact) mass is 278 g/mol. The van der Waals surface area contributed by atoms with Crippen molar-refractivity contribution in [3.63, 3.8) is 0 Å². The molecule has 1 rings (SSSR count). The number of methoxy groups -OCH3 is 1. The zero-order valence-electron chi connectivity index (χ0n) is 12.1. The van der Waals surface area contributed by atoms with E-state index in [0.717, 1.165) is 6.42 Å². The lowest BCUT2D eigenvalue weighted by Crippen LogP contribution is -2.07. The first-order valence-electron chi connectivity index (χ1n) is 6.75. The SMILES string of the molecule is CC[C@@H](/C=C/COC(=O)OC)COCc1ccccc1. The predicted octanol–water partition coefficient (Wildman–Crippen LogP) is 3.57. The van der Waals surface area contributed by atoms with E-state index in [0.29, 0.717) is 19.1 Å². The van der Waals surface area contributed by atoms with Gasteiger partial charge in [0.05, 0.1) is 20.3 Å². The van der Waals surface area contributed by atoms with Gasteiger partial charge in [-0.3, -0.25) is 0 Å². The van der Waals surface area contributed by atoms with Crippen molar-refractivity contribution >= 4 is 6.16 Å². The molecule has 1 aromatic carbocycles. The van der Waals surface area contributed by atoms with Crippen molar-refractivity contribution in [2.45, 2.75) is 20.0 Å². The molecule has 1 aromatic rings. The lowest BCUT2D eigenvalue weighted by atomic mass is 10.1. The minimum absolute atomic E-state index is 0.224. The van der Waals surface area contributed by atoms with Gasteiger partial charge in [-0.2, -0.15) is 0 Å². The van der Waals surface area contributed by atoms with Crippen LogP contribution >= 0.6 is 0 Å². The Hall–Kier alpha value is -1.81. The van der Waals surface area contributed by atoms with E-state index < -0.39 is 6.16 Å². The number of hydrogen-bond acceptors (Lipinski definition) is 4. The highest BCUT2D eigenvalue weighted by Gasteiger charge is 2.03. The number of carbonyl (C=O) groups excluding carboxylic acids is 1. The number of ether oxygens (including phenoxy) is 3. The number of hydrogen-bond donors (Lipinski definition) is 0. The second-order valence-corrected chi connectivity index (χ2v) is 4.36. The van der Waals surface area contributed by atoms with E-state index in [9.17, 15) is 4.79 Å². The van der Waals surface area contributed by atoms with Crippen LogP contribution in [0, 0.1) is 5.92 Å². The summed E-state index contributed by atoms with van der Waals surface area (Å²) in [4.78, 5) is 10.8. The third-order valence-electron chi connectivity index (χ3n) is 2.84. The molecule has 0 fully saturated rings. The summed E-state index contributed by atoms with van der Waals surface area (Å²) < 4.78 is 14.8. The molecule has 0 unspecified atom stereocenters. The molecule has 0 amide bonds. The van der Waals surface area contributed by atoms with Crippen LogP contribution in [0.4, 0.5) is 4.79 Å². The highest BCUT2D eigenvalue weighted by Crippen LogP contribution is 2.08. The summed E-state index contributed by atoms with van der Waals surface area (Å²) in [6, 6.07) is 10.1. The minimum Gasteiger partial charge on any atom is -0.438 e. The number of rotatable bonds is 8. The molecule has 0 radical (unpaired) electrons. The van der Waals surface area contributed by atoms with E-state index in [1.165, 1.54) is 12.7 Å². The van der Waals surface area contributed by atoms with Crippen molar-refractivity contribution in [3.8, 4) is 0 Å². The summed E-state index contributed by atoms with van der Waals surface area (Å²) in [5, 5.41) is 0. The molecular formula is C16H22O4. The van der Waals surface area contributed by atoms with Gasteiger partial charge in [0.2, 0.25) is 0 Å². The van der Waals surface area contributed by atoms with Crippen molar-refractivity contribution in [1.82, 2.24) is 0 Å². The maximum Gasteiger partial charge on any atom is 0.508 e. The second-order valence-electron chi connectivity index (χ2n) is 4.36. The summed E-state index contributed by atoms with van der Waals surface area (Å²) in [6.07, 6.45) is 4.14. The van der Waals surface area contributed by atoms with Crippen LogP contribution in [0.25, 0.3) is 0 Å². The van der Waals surface area contributed by atoms with Crippen molar-refractivity contribution < 1.29 is 19.0 Å². The highest BCUT2D eigenvalue weighted by molar-refractivity contribution is 5.59. The van der Waals surface area contributed by atoms with Gasteiger partial charge in [-0.15, -0.1) is 0 Å². The third kappa shape index (κ3) is 6.95. The molecule has 0 spiro atoms. The molecule has 0 aliphatic heterocycles. The van der Waals surface area contributed by atoms with Crippen LogP contribution in [-0.4, -0.2) is 26.5 Å². The van der Waals surface area contributed by atoms with Crippen molar-refractivity contribution in [1.29, 1.82) is 0 Å². The van der Waals surface area contributed by atoms with Crippen LogP contribution in [0.1, 0.15) is 18.9 Å². The van der Waals surface area contributed by atoms with Crippen molar-refractivity contribution in [3.05, 3.63) is 48.0 Å². The second kappa shape index (κ2) is 10.0. The molecule has 0 heterocycles. The zero-order chi connectivity index (χ0) is 14.6. The quantitative estimate of drug-likeness (QED) is 0.538. The standard InChI is InChI=1S/C16H22O4/c1-3-14(10-7-11-20-16(17)18-2)12-19-13-15-8-5-4-6-9-15/h4-10,14H,3,11-13H2,1-2H3/b10-7+/t14-/m0/s1. The molecule has 20 heavy (non-hydrogen) atoms. The lowest BCUT2D eigenvalue weighted by Gasteiger charge is -2.11. The normalized spacial score (nSPS) is 12.3. The topological polar surface area (TPSA) is 44.8 Å². The smallest absolute Gasteiger partial charge is 0.438 e. The fourth-order valence-electron chi connectivity index (χ4n) is 1.63. The average Bonchev–Trinajstić information content (AvgIpc) is 2.50. The summed E-state index contributed by atoms with van der Waals surface area (Å²) in [7, 11) is 1.29. The number of benzene rings is 1. The van der Waals surface area contributed by atoms with Crippen LogP contribution < -0.4 is 0 Å². The Morgan fingerprint density at radius 3 is 2.70 bits per heavy atom. The summed E-state index contributed by atoms with van der Waals surface area (Å²) in [5.41, 5.74) is 1.17. The van der Waals surface area contributed by atoms with Gasteiger partial charge >= 0.3 is 6.16 Å². The molecular weight excluding hydrogens is 256 g/mol. The van der Waals surface area contributed by atoms with Crippen LogP contribution in [0.15, 0.2) is 42.5 Å². The first-order valence-corrected chi connectivity index (χ1v) is 6.75. The average molecular weight is 278 g/mol. The molecule has 4 nitrogen and oxygen atoms in total. The van der Waals surface area contributed by atoms with Gasteiger partial charge in [-0.25, -0.2) is 4.79 Å². The Balaban J connectivity index is 2.22. The van der Waals surface area contributed by atoms with Gasteiger partial charge in [0, 0.05) is 5.92 Å². The summed E-state index contributed by atoms with van der Waals surface area (Å²) in [6.45, 7) is 3.59. The fraction of sp³-hybridized carbons (Fsp3) is 0.438. The largest absolute Gasteiger partial charge is 0.508 e. The Labute approximate surface area is 120 Å². The highest BCUT2D eigenvalue weighted by atomic mass is 16.7. The van der Waals surface area contributed by atoms with Gasteiger partial charge in [-0.1, -0.05) is 49.4 Å². The first kappa shape index (κ1) is 16.2. The van der Waals surface area contributed by atoms with Gasteiger partial charge in [0.25, 0.3) is 0 Å².